The van der Waals surface area contributed by atoms with E-state index < -0.39 is 29.7 Å². The number of carbonyl (C=O) groups excluding carboxylic acids is 3. The van der Waals surface area contributed by atoms with Crippen molar-refractivity contribution in [2.24, 2.45) is 11.7 Å². The Balaban J connectivity index is 4.34. The summed E-state index contributed by atoms with van der Waals surface area (Å²) in [6.45, 7) is 1.27. The van der Waals surface area contributed by atoms with E-state index in [1.54, 1.807) is 0 Å². The minimum absolute atomic E-state index is 0.0169. The Kier molecular flexibility index (Phi) is 7.59. The lowest BCUT2D eigenvalue weighted by molar-refractivity contribution is -0.145. The summed E-state index contributed by atoms with van der Waals surface area (Å²) in [5.74, 6) is -3.38. The van der Waals surface area contributed by atoms with E-state index >= 15 is 0 Å². The molecule has 0 amide bonds. The summed E-state index contributed by atoms with van der Waals surface area (Å²) >= 11 is 0. The quantitative estimate of drug-likeness (QED) is 0.562. The van der Waals surface area contributed by atoms with E-state index in [0.717, 1.165) is 0 Å². The molecule has 0 aromatic rings. The number of ketones is 2. The van der Waals surface area contributed by atoms with Crippen LogP contribution in [0.25, 0.3) is 0 Å². The summed E-state index contributed by atoms with van der Waals surface area (Å²) in [5, 5.41) is 8.95. The summed E-state index contributed by atoms with van der Waals surface area (Å²) < 4.78 is 4.40. The fraction of sp³-hybridized carbons (Fsp3) is 0.667. The van der Waals surface area contributed by atoms with Gasteiger partial charge in [-0.1, -0.05) is 0 Å². The van der Waals surface area contributed by atoms with Crippen LogP contribution in [0.2, 0.25) is 0 Å². The summed E-state index contributed by atoms with van der Waals surface area (Å²) in [6, 6.07) is -0.900. The second-order valence-corrected chi connectivity index (χ2v) is 4.31. The maximum absolute atomic E-state index is 11.6. The summed E-state index contributed by atoms with van der Waals surface area (Å²) in [7, 11) is 1.20. The molecule has 0 aliphatic heterocycles. The predicted molar refractivity (Wildman–Crippen MR) is 65.3 cm³/mol. The van der Waals surface area contributed by atoms with Crippen molar-refractivity contribution in [3.8, 4) is 0 Å². The van der Waals surface area contributed by atoms with Crippen molar-refractivity contribution in [2.75, 3.05) is 7.11 Å². The first-order chi connectivity index (χ1) is 8.77. The number of aliphatic carboxylic acids is 1. The zero-order valence-electron chi connectivity index (χ0n) is 11.0. The van der Waals surface area contributed by atoms with E-state index in [1.807, 2.05) is 0 Å². The van der Waals surface area contributed by atoms with Gasteiger partial charge in [-0.25, -0.2) is 0 Å². The molecule has 0 saturated carbocycles. The number of hydrogen-bond acceptors (Lipinski definition) is 6. The maximum atomic E-state index is 11.6. The normalized spacial score (nSPS) is 13.4. The first kappa shape index (κ1) is 17.2. The lowest BCUT2D eigenvalue weighted by atomic mass is 9.94. The van der Waals surface area contributed by atoms with Crippen LogP contribution in [0.4, 0.5) is 0 Å². The van der Waals surface area contributed by atoms with E-state index in [4.69, 9.17) is 10.8 Å². The third kappa shape index (κ3) is 7.30. The second-order valence-electron chi connectivity index (χ2n) is 4.31. The van der Waals surface area contributed by atoms with Gasteiger partial charge >= 0.3 is 11.9 Å². The molecule has 7 nitrogen and oxygen atoms in total. The highest BCUT2D eigenvalue weighted by Gasteiger charge is 2.24. The first-order valence-corrected chi connectivity index (χ1v) is 5.85. The van der Waals surface area contributed by atoms with Gasteiger partial charge < -0.3 is 15.6 Å². The molecule has 0 aliphatic rings. The van der Waals surface area contributed by atoms with Crippen LogP contribution in [-0.4, -0.2) is 41.8 Å². The molecular weight excluding hydrogens is 254 g/mol. The molecule has 0 heterocycles. The smallest absolute Gasteiger partial charge is 0.306 e. The fourth-order valence-corrected chi connectivity index (χ4v) is 1.45. The fourth-order valence-electron chi connectivity index (χ4n) is 1.45. The highest BCUT2D eigenvalue weighted by Crippen LogP contribution is 2.14. The van der Waals surface area contributed by atoms with Crippen LogP contribution < -0.4 is 5.73 Å². The zero-order valence-corrected chi connectivity index (χ0v) is 11.0. The molecule has 7 heteroatoms. The van der Waals surface area contributed by atoms with Crippen molar-refractivity contribution < 1.29 is 29.0 Å². The zero-order chi connectivity index (χ0) is 15.0. The van der Waals surface area contributed by atoms with Gasteiger partial charge in [0, 0.05) is 19.3 Å². The van der Waals surface area contributed by atoms with Gasteiger partial charge in [0.2, 0.25) is 0 Å². The van der Waals surface area contributed by atoms with Crippen molar-refractivity contribution >= 4 is 23.5 Å². The summed E-state index contributed by atoms with van der Waals surface area (Å²) in [5.41, 5.74) is 5.42. The van der Waals surface area contributed by atoms with Gasteiger partial charge in [-0.15, -0.1) is 0 Å². The van der Waals surface area contributed by atoms with Crippen molar-refractivity contribution in [2.45, 2.75) is 38.6 Å². The van der Waals surface area contributed by atoms with Crippen molar-refractivity contribution in [3.63, 3.8) is 0 Å². The molecule has 108 valence electrons. The SMILES string of the molecule is COC(=O)CCC(CC(=O)CC(N)C(C)=O)C(=O)O. The summed E-state index contributed by atoms with van der Waals surface area (Å²) in [6.07, 6.45) is -0.479. The minimum Gasteiger partial charge on any atom is -0.481 e. The molecule has 2 unspecified atom stereocenters. The molecule has 0 rings (SSSR count). The Bertz CT molecular complexity index is 365. The molecule has 0 fully saturated rings. The Morgan fingerprint density at radius 3 is 2.21 bits per heavy atom. The Morgan fingerprint density at radius 2 is 1.79 bits per heavy atom. The molecule has 2 atom stereocenters. The molecule has 0 radical (unpaired) electrons. The number of ether oxygens (including phenoxy) is 1. The Morgan fingerprint density at radius 1 is 1.21 bits per heavy atom. The van der Waals surface area contributed by atoms with E-state index in [-0.39, 0.29) is 31.5 Å². The Labute approximate surface area is 111 Å². The van der Waals surface area contributed by atoms with Gasteiger partial charge in [0.1, 0.15) is 11.6 Å². The molecule has 3 N–H and O–H groups in total. The maximum Gasteiger partial charge on any atom is 0.306 e. The largest absolute Gasteiger partial charge is 0.481 e. The molecule has 0 aromatic carbocycles. The summed E-state index contributed by atoms with van der Waals surface area (Å²) in [4.78, 5) is 44.4. The number of carboxylic acids is 1. The van der Waals surface area contributed by atoms with Crippen LogP contribution in [0, 0.1) is 5.92 Å². The van der Waals surface area contributed by atoms with E-state index in [0.29, 0.717) is 0 Å². The average Bonchev–Trinajstić information content (AvgIpc) is 2.33. The van der Waals surface area contributed by atoms with Crippen LogP contribution in [0.1, 0.15) is 32.6 Å². The number of carboxylic acid groups (broad SMARTS) is 1. The topological polar surface area (TPSA) is 124 Å². The van der Waals surface area contributed by atoms with Gasteiger partial charge in [0.15, 0.2) is 0 Å². The van der Waals surface area contributed by atoms with Crippen molar-refractivity contribution in [3.05, 3.63) is 0 Å². The Hall–Kier alpha value is -1.76. The lowest BCUT2D eigenvalue weighted by Gasteiger charge is -2.12. The van der Waals surface area contributed by atoms with Crippen LogP contribution in [-0.2, 0) is 23.9 Å². The monoisotopic (exact) mass is 273 g/mol. The van der Waals surface area contributed by atoms with Crippen LogP contribution >= 0.6 is 0 Å². The third-order valence-electron chi connectivity index (χ3n) is 2.72. The van der Waals surface area contributed by atoms with Gasteiger partial charge in [0.05, 0.1) is 19.1 Å². The first-order valence-electron chi connectivity index (χ1n) is 5.85. The number of Topliss-reactive ketones (excluding diaryl/α,β-unsaturated/α-hetero) is 2. The number of nitrogens with two attached hydrogens (primary N) is 1. The number of methoxy groups -OCH3 is 1. The number of rotatable bonds is 9. The number of esters is 1. The molecule has 0 saturated heterocycles. The molecule has 0 bridgehead atoms. The highest BCUT2D eigenvalue weighted by atomic mass is 16.5. The van der Waals surface area contributed by atoms with Crippen LogP contribution in [0.3, 0.4) is 0 Å². The predicted octanol–water partition coefficient (Wildman–Crippen LogP) is -0.0940. The average molecular weight is 273 g/mol. The number of carbonyl (C=O) groups is 4. The van der Waals surface area contributed by atoms with Gasteiger partial charge in [-0.05, 0) is 13.3 Å². The van der Waals surface area contributed by atoms with E-state index in [1.165, 1.54) is 14.0 Å². The van der Waals surface area contributed by atoms with Gasteiger partial charge in [-0.3, -0.25) is 19.2 Å². The lowest BCUT2D eigenvalue weighted by Crippen LogP contribution is -2.32. The highest BCUT2D eigenvalue weighted by molar-refractivity contribution is 5.90. The minimum atomic E-state index is -1.16. The molecular formula is C12H19NO6. The van der Waals surface area contributed by atoms with E-state index in [9.17, 15) is 19.2 Å². The molecule has 0 aromatic heterocycles. The van der Waals surface area contributed by atoms with Crippen LogP contribution in [0.5, 0.6) is 0 Å². The standard InChI is InChI=1S/C12H19NO6/c1-7(14)10(13)6-9(15)5-8(12(17)18)3-4-11(16)19-2/h8,10H,3-6,13H2,1-2H3,(H,17,18). The van der Waals surface area contributed by atoms with Gasteiger partial charge in [0.25, 0.3) is 0 Å². The van der Waals surface area contributed by atoms with Crippen molar-refractivity contribution in [1.29, 1.82) is 0 Å². The molecule has 0 spiro atoms. The molecule has 19 heavy (non-hydrogen) atoms. The van der Waals surface area contributed by atoms with E-state index in [2.05, 4.69) is 4.74 Å². The molecule has 0 aliphatic carbocycles. The van der Waals surface area contributed by atoms with Gasteiger partial charge in [-0.2, -0.15) is 0 Å². The van der Waals surface area contributed by atoms with Crippen molar-refractivity contribution in [1.82, 2.24) is 0 Å². The third-order valence-corrected chi connectivity index (χ3v) is 2.72. The number of hydrogen-bond donors (Lipinski definition) is 2. The van der Waals surface area contributed by atoms with Crippen LogP contribution in [0.15, 0.2) is 0 Å². The second kappa shape index (κ2) is 8.36.